The van der Waals surface area contributed by atoms with Gasteiger partial charge in [-0.25, -0.2) is 0 Å². The van der Waals surface area contributed by atoms with Crippen molar-refractivity contribution < 1.29 is 19.8 Å². The summed E-state index contributed by atoms with van der Waals surface area (Å²) in [6, 6.07) is 8.63. The average molecular weight is 380 g/mol. The molecule has 9 nitrogen and oxygen atoms in total. The molecule has 0 saturated carbocycles. The van der Waals surface area contributed by atoms with Gasteiger partial charge < -0.3 is 14.8 Å². The van der Waals surface area contributed by atoms with Crippen molar-refractivity contribution in [3.8, 4) is 11.8 Å². The van der Waals surface area contributed by atoms with E-state index in [1.54, 1.807) is 12.1 Å². The number of benzene rings is 1. The van der Waals surface area contributed by atoms with Crippen LogP contribution in [0.15, 0.2) is 70.3 Å². The van der Waals surface area contributed by atoms with Crippen molar-refractivity contribution in [2.45, 2.75) is 13.1 Å². The third-order valence-corrected chi connectivity index (χ3v) is 4.03. The van der Waals surface area contributed by atoms with Gasteiger partial charge in [0.15, 0.2) is 0 Å². The molecule has 2 amide bonds. The van der Waals surface area contributed by atoms with E-state index < -0.39 is 11.8 Å². The van der Waals surface area contributed by atoms with Gasteiger partial charge in [0.25, 0.3) is 17.4 Å². The lowest BCUT2D eigenvalue weighted by Gasteiger charge is -2.01. The summed E-state index contributed by atoms with van der Waals surface area (Å²) in [5.41, 5.74) is -0.297. The summed E-state index contributed by atoms with van der Waals surface area (Å²) >= 11 is 0. The van der Waals surface area contributed by atoms with Crippen LogP contribution in [0.3, 0.4) is 0 Å². The minimum Gasteiger partial charge on any atom is -0.494 e. The van der Waals surface area contributed by atoms with Gasteiger partial charge in [-0.3, -0.25) is 19.0 Å². The lowest BCUT2D eigenvalue weighted by atomic mass is 10.1. The van der Waals surface area contributed by atoms with Gasteiger partial charge in [-0.15, -0.1) is 16.8 Å². The Balaban J connectivity index is 1.81. The maximum atomic E-state index is 12.2. The molecule has 2 N–H and O–H groups in total. The summed E-state index contributed by atoms with van der Waals surface area (Å²) < 4.78 is 2.37. The van der Waals surface area contributed by atoms with Crippen LogP contribution in [-0.4, -0.2) is 31.2 Å². The number of hydrogen-bond acceptors (Lipinski definition) is 5. The molecule has 0 radical (unpaired) electrons. The first-order valence-electron chi connectivity index (χ1n) is 8.22. The van der Waals surface area contributed by atoms with Crippen LogP contribution in [0.1, 0.15) is 10.4 Å². The van der Waals surface area contributed by atoms with E-state index in [4.69, 9.17) is 0 Å². The van der Waals surface area contributed by atoms with Crippen molar-refractivity contribution >= 4 is 22.6 Å². The highest BCUT2D eigenvalue weighted by Crippen LogP contribution is 2.36. The van der Waals surface area contributed by atoms with Gasteiger partial charge in [-0.05, 0) is 24.3 Å². The molecule has 2 aromatic heterocycles. The average Bonchev–Trinajstić information content (AvgIpc) is 2.92. The summed E-state index contributed by atoms with van der Waals surface area (Å²) in [5.74, 6) is -1.94. The number of rotatable bonds is 5. The molecule has 0 unspecified atom stereocenters. The second-order valence-corrected chi connectivity index (χ2v) is 5.87. The first kappa shape index (κ1) is 18.8. The van der Waals surface area contributed by atoms with E-state index in [1.165, 1.54) is 41.1 Å². The monoisotopic (exact) mass is 380 g/mol. The largest absolute Gasteiger partial charge is 0.494 e. The molecule has 0 aliphatic carbocycles. The topological polar surface area (TPSA) is 126 Å². The number of azo groups is 1. The molecule has 0 atom stereocenters. The fourth-order valence-corrected chi connectivity index (χ4v) is 2.68. The molecule has 0 aliphatic rings. The quantitative estimate of drug-likeness (QED) is 0.518. The molecule has 28 heavy (non-hydrogen) atoms. The lowest BCUT2D eigenvalue weighted by molar-refractivity contribution is -0.118. The number of amides is 2. The normalized spacial score (nSPS) is 11.1. The van der Waals surface area contributed by atoms with Gasteiger partial charge in [-0.2, -0.15) is 0 Å². The summed E-state index contributed by atoms with van der Waals surface area (Å²) in [6.45, 7) is 3.40. The molecule has 0 spiro atoms. The molecule has 2 heterocycles. The number of pyridine rings is 1. The molecule has 1 aromatic carbocycles. The third-order valence-electron chi connectivity index (χ3n) is 4.03. The molecule has 9 heteroatoms. The van der Waals surface area contributed by atoms with Crippen molar-refractivity contribution in [3.05, 3.63) is 71.2 Å². The number of allylic oxidation sites excluding steroid dienone is 1. The van der Waals surface area contributed by atoms with Gasteiger partial charge in [0.2, 0.25) is 11.8 Å². The molecule has 0 saturated heterocycles. The Morgan fingerprint density at radius 2 is 1.82 bits per heavy atom. The van der Waals surface area contributed by atoms with E-state index >= 15 is 0 Å². The molecule has 0 aliphatic heterocycles. The Kier molecular flexibility index (Phi) is 5.16. The Hall–Kier alpha value is -4.01. The molecule has 0 bridgehead atoms. The Morgan fingerprint density at radius 1 is 1.07 bits per heavy atom. The van der Waals surface area contributed by atoms with Crippen LogP contribution in [0.4, 0.5) is 0 Å². The molecule has 3 aromatic rings. The fraction of sp³-hybridized carbons (Fsp3) is 0.105. The van der Waals surface area contributed by atoms with E-state index in [2.05, 4.69) is 16.8 Å². The second kappa shape index (κ2) is 7.70. The highest BCUT2D eigenvalue weighted by atomic mass is 16.3. The first-order valence-corrected chi connectivity index (χ1v) is 8.22. The van der Waals surface area contributed by atoms with Gasteiger partial charge in [0.05, 0.1) is 0 Å². The lowest BCUT2D eigenvalue weighted by Crippen LogP contribution is -2.21. The van der Waals surface area contributed by atoms with Crippen LogP contribution in [-0.2, 0) is 17.9 Å². The Labute approximate surface area is 158 Å². The highest BCUT2D eigenvalue weighted by Gasteiger charge is 2.17. The minimum absolute atomic E-state index is 0.0759. The summed E-state index contributed by atoms with van der Waals surface area (Å²) in [5, 5.41) is 27.7. The number of aromatic hydroxyl groups is 2. The Bertz CT molecular complexity index is 1170. The molecule has 0 fully saturated rings. The number of fused-ring (bicyclic) bond motifs is 1. The number of carbonyl (C=O) groups is 2. The Morgan fingerprint density at radius 3 is 2.54 bits per heavy atom. The van der Waals surface area contributed by atoms with Crippen molar-refractivity contribution in [1.82, 2.24) is 9.13 Å². The predicted molar refractivity (Wildman–Crippen MR) is 100 cm³/mol. The maximum absolute atomic E-state index is 12.2. The predicted octanol–water partition coefficient (Wildman–Crippen LogP) is 2.22. The van der Waals surface area contributed by atoms with Gasteiger partial charge in [-0.1, -0.05) is 12.1 Å². The molecular formula is C19H16N4O5. The minimum atomic E-state index is -0.800. The van der Waals surface area contributed by atoms with Crippen LogP contribution < -0.4 is 5.56 Å². The van der Waals surface area contributed by atoms with Gasteiger partial charge >= 0.3 is 0 Å². The first-order chi connectivity index (χ1) is 13.4. The third kappa shape index (κ3) is 3.58. The van der Waals surface area contributed by atoms with Crippen molar-refractivity contribution in [3.63, 3.8) is 0 Å². The van der Waals surface area contributed by atoms with Crippen molar-refractivity contribution in [1.29, 1.82) is 0 Å². The van der Waals surface area contributed by atoms with E-state index in [0.29, 0.717) is 5.39 Å². The van der Waals surface area contributed by atoms with Crippen LogP contribution >= 0.6 is 0 Å². The van der Waals surface area contributed by atoms with E-state index in [1.807, 2.05) is 0 Å². The summed E-state index contributed by atoms with van der Waals surface area (Å²) in [4.78, 5) is 35.6. The van der Waals surface area contributed by atoms with Gasteiger partial charge in [0.1, 0.15) is 6.54 Å². The SMILES string of the molecule is C=CCn1c(O)c2ccc(C(=O)N=NC(=O)Cn3ccccc3=O)cc2c1O. The molecule has 142 valence electrons. The van der Waals surface area contributed by atoms with Crippen molar-refractivity contribution in [2.24, 2.45) is 10.2 Å². The number of hydrogen-bond donors (Lipinski definition) is 2. The zero-order valence-electron chi connectivity index (χ0n) is 14.6. The van der Waals surface area contributed by atoms with Crippen molar-refractivity contribution in [2.75, 3.05) is 0 Å². The molecule has 3 rings (SSSR count). The summed E-state index contributed by atoms with van der Waals surface area (Å²) in [7, 11) is 0. The standard InChI is InChI=1S/C19H16N4O5/c1-2-8-23-18(27)13-7-6-12(10-14(13)19(23)28)17(26)21-20-15(24)11-22-9-4-3-5-16(22)25/h2-7,9-10,27-28H,1,8,11H2. The fourth-order valence-electron chi connectivity index (χ4n) is 2.68. The van der Waals surface area contributed by atoms with E-state index in [-0.39, 0.29) is 41.4 Å². The molecular weight excluding hydrogens is 364 g/mol. The van der Waals surface area contributed by atoms with Crippen LogP contribution in [0, 0.1) is 0 Å². The number of nitrogens with zero attached hydrogens (tertiary/aromatic N) is 4. The smallest absolute Gasteiger partial charge is 0.295 e. The van der Waals surface area contributed by atoms with Crippen LogP contribution in [0.25, 0.3) is 10.8 Å². The van der Waals surface area contributed by atoms with Crippen LogP contribution in [0.5, 0.6) is 11.8 Å². The zero-order valence-corrected chi connectivity index (χ0v) is 14.6. The maximum Gasteiger partial charge on any atom is 0.295 e. The van der Waals surface area contributed by atoms with E-state index in [0.717, 1.165) is 4.57 Å². The number of aromatic nitrogens is 2. The summed E-state index contributed by atoms with van der Waals surface area (Å²) in [6.07, 6.45) is 2.93. The number of carbonyl (C=O) groups excluding carboxylic acids is 2. The zero-order chi connectivity index (χ0) is 20.3. The highest BCUT2D eigenvalue weighted by molar-refractivity contribution is 6.02. The van der Waals surface area contributed by atoms with Gasteiger partial charge in [0, 0.05) is 35.1 Å². The second-order valence-electron chi connectivity index (χ2n) is 5.87. The van der Waals surface area contributed by atoms with Crippen LogP contribution in [0.2, 0.25) is 0 Å². The van der Waals surface area contributed by atoms with E-state index in [9.17, 15) is 24.6 Å².